The number of hydrogen-bond acceptors (Lipinski definition) is 7. The van der Waals surface area contributed by atoms with E-state index in [2.05, 4.69) is 9.84 Å². The molecule has 25 heavy (non-hydrogen) atoms. The fourth-order valence-corrected chi connectivity index (χ4v) is 2.19. The van der Waals surface area contributed by atoms with Gasteiger partial charge >= 0.3 is 5.97 Å². The molecule has 8 nitrogen and oxygen atoms in total. The number of carbonyl (C=O) groups excluding carboxylic acids is 1. The van der Waals surface area contributed by atoms with Gasteiger partial charge in [-0.05, 0) is 23.8 Å². The van der Waals surface area contributed by atoms with E-state index in [4.69, 9.17) is 10.8 Å². The second-order valence-electron chi connectivity index (χ2n) is 4.95. The summed E-state index contributed by atoms with van der Waals surface area (Å²) in [5.41, 5.74) is 7.22. The number of esters is 1. The maximum absolute atomic E-state index is 11.4. The Hall–Kier alpha value is -3.62. The minimum Gasteiger partial charge on any atom is -0.465 e. The Morgan fingerprint density at radius 3 is 2.60 bits per heavy atom. The zero-order valence-electron chi connectivity index (χ0n) is 13.4. The van der Waals surface area contributed by atoms with Crippen LogP contribution in [0.1, 0.15) is 27.2 Å². The van der Waals surface area contributed by atoms with Gasteiger partial charge in [0, 0.05) is 0 Å². The number of ether oxygens (including phenoxy) is 1. The van der Waals surface area contributed by atoms with Crippen LogP contribution in [0.3, 0.4) is 0 Å². The molecule has 0 fully saturated rings. The maximum Gasteiger partial charge on any atom is 0.337 e. The van der Waals surface area contributed by atoms with E-state index in [1.807, 2.05) is 12.1 Å². The van der Waals surface area contributed by atoms with E-state index in [0.717, 1.165) is 0 Å². The Bertz CT molecular complexity index is 898. The van der Waals surface area contributed by atoms with E-state index in [0.29, 0.717) is 11.1 Å². The number of aliphatic hydroxyl groups excluding tert-OH is 1. The normalized spacial score (nSPS) is 10.8. The zero-order valence-corrected chi connectivity index (χ0v) is 13.4. The summed E-state index contributed by atoms with van der Waals surface area (Å²) in [6.45, 7) is -0.0795. The number of aliphatic hydroxyl groups is 1. The number of methoxy groups -OCH3 is 1. The van der Waals surface area contributed by atoms with Gasteiger partial charge in [-0.3, -0.25) is 0 Å². The summed E-state index contributed by atoms with van der Waals surface area (Å²) in [5.74, 6) is -0.368. The number of nitrogen functional groups attached to an aromatic ring is 1. The Balaban J connectivity index is 2.45. The summed E-state index contributed by atoms with van der Waals surface area (Å²) >= 11 is 0. The van der Waals surface area contributed by atoms with Gasteiger partial charge in [0.2, 0.25) is 0 Å². The Kier molecular flexibility index (Phi) is 5.51. The average Bonchev–Trinajstić information content (AvgIpc) is 2.95. The highest BCUT2D eigenvalue weighted by molar-refractivity contribution is 5.92. The molecular formula is C17H15N5O3. The van der Waals surface area contributed by atoms with Crippen LogP contribution in [0.4, 0.5) is 5.82 Å². The second-order valence-corrected chi connectivity index (χ2v) is 4.95. The highest BCUT2D eigenvalue weighted by Crippen LogP contribution is 2.24. The van der Waals surface area contributed by atoms with Crippen molar-refractivity contribution >= 4 is 23.4 Å². The number of nitrogens with zero attached hydrogens (tertiary/aromatic N) is 4. The van der Waals surface area contributed by atoms with Gasteiger partial charge in [-0.2, -0.15) is 15.6 Å². The van der Waals surface area contributed by atoms with Gasteiger partial charge in [0.1, 0.15) is 29.2 Å². The summed E-state index contributed by atoms with van der Waals surface area (Å²) in [6.07, 6.45) is 1.53. The van der Waals surface area contributed by atoms with Gasteiger partial charge < -0.3 is 15.6 Å². The molecular weight excluding hydrogens is 322 g/mol. The van der Waals surface area contributed by atoms with Crippen molar-refractivity contribution in [2.24, 2.45) is 0 Å². The Morgan fingerprint density at radius 2 is 2.08 bits per heavy atom. The van der Waals surface area contributed by atoms with E-state index in [1.54, 1.807) is 24.3 Å². The van der Waals surface area contributed by atoms with Crippen LogP contribution < -0.4 is 5.73 Å². The minimum atomic E-state index is -0.460. The molecule has 0 amide bonds. The molecule has 0 radical (unpaired) electrons. The van der Waals surface area contributed by atoms with Crippen molar-refractivity contribution in [2.45, 2.75) is 6.54 Å². The van der Waals surface area contributed by atoms with Gasteiger partial charge in [-0.15, -0.1) is 0 Å². The van der Waals surface area contributed by atoms with Crippen molar-refractivity contribution in [2.75, 3.05) is 19.5 Å². The van der Waals surface area contributed by atoms with Crippen molar-refractivity contribution in [3.05, 3.63) is 46.6 Å². The largest absolute Gasteiger partial charge is 0.465 e. The number of rotatable bonds is 5. The molecule has 1 heterocycles. The quantitative estimate of drug-likeness (QED) is 0.617. The van der Waals surface area contributed by atoms with E-state index < -0.39 is 5.97 Å². The average molecular weight is 337 g/mol. The number of nitrogens with two attached hydrogens (primary N) is 1. The highest BCUT2D eigenvalue weighted by Gasteiger charge is 2.18. The molecule has 2 aromatic rings. The standard InChI is InChI=1S/C17H15N5O3/c1-25-17(24)12-4-2-11(3-5-12)8-13(9-18)15-14(10-19)16(20)22(21-15)6-7-23/h2-5,8,23H,6-7,20H2,1H3/b13-8+. The first-order valence-corrected chi connectivity index (χ1v) is 7.23. The fourth-order valence-electron chi connectivity index (χ4n) is 2.19. The van der Waals surface area contributed by atoms with Crippen molar-refractivity contribution < 1.29 is 14.6 Å². The third-order valence-electron chi connectivity index (χ3n) is 3.43. The molecule has 0 atom stereocenters. The lowest BCUT2D eigenvalue weighted by Gasteiger charge is -2.00. The lowest BCUT2D eigenvalue weighted by Crippen LogP contribution is -2.07. The maximum atomic E-state index is 11.4. The summed E-state index contributed by atoms with van der Waals surface area (Å²) in [5, 5.41) is 31.9. The number of anilines is 1. The SMILES string of the molecule is COC(=O)c1ccc(/C=C(\C#N)c2nn(CCO)c(N)c2C#N)cc1. The van der Waals surface area contributed by atoms with Gasteiger partial charge in [-0.1, -0.05) is 12.1 Å². The predicted molar refractivity (Wildman–Crippen MR) is 89.7 cm³/mol. The number of allylic oxidation sites excluding steroid dienone is 1. The molecule has 0 saturated carbocycles. The van der Waals surface area contributed by atoms with E-state index in [1.165, 1.54) is 17.9 Å². The van der Waals surface area contributed by atoms with Crippen molar-refractivity contribution in [3.8, 4) is 12.1 Å². The number of aromatic nitrogens is 2. The van der Waals surface area contributed by atoms with Gasteiger partial charge in [0.05, 0.1) is 31.4 Å². The third-order valence-corrected chi connectivity index (χ3v) is 3.43. The summed E-state index contributed by atoms with van der Waals surface area (Å²) in [4.78, 5) is 11.4. The topological polar surface area (TPSA) is 138 Å². The van der Waals surface area contributed by atoms with Crippen LogP contribution in [0, 0.1) is 22.7 Å². The molecule has 3 N–H and O–H groups in total. The molecule has 0 aliphatic heterocycles. The molecule has 0 saturated heterocycles. The fraction of sp³-hybridized carbons (Fsp3) is 0.176. The number of benzene rings is 1. The van der Waals surface area contributed by atoms with Gasteiger partial charge in [0.15, 0.2) is 0 Å². The molecule has 0 aliphatic carbocycles. The molecule has 0 aliphatic rings. The molecule has 1 aromatic carbocycles. The monoisotopic (exact) mass is 337 g/mol. The minimum absolute atomic E-state index is 0.0763. The number of hydrogen-bond donors (Lipinski definition) is 2. The van der Waals surface area contributed by atoms with Gasteiger partial charge in [-0.25, -0.2) is 9.48 Å². The molecule has 0 bridgehead atoms. The van der Waals surface area contributed by atoms with Crippen LogP contribution in [-0.2, 0) is 11.3 Å². The lowest BCUT2D eigenvalue weighted by atomic mass is 10.0. The van der Waals surface area contributed by atoms with Crippen molar-refractivity contribution in [3.63, 3.8) is 0 Å². The summed E-state index contributed by atoms with van der Waals surface area (Å²) in [6, 6.07) is 10.3. The van der Waals surface area contributed by atoms with E-state index >= 15 is 0 Å². The third kappa shape index (κ3) is 3.66. The van der Waals surface area contributed by atoms with Crippen LogP contribution >= 0.6 is 0 Å². The highest BCUT2D eigenvalue weighted by atomic mass is 16.5. The number of nitriles is 2. The lowest BCUT2D eigenvalue weighted by molar-refractivity contribution is 0.0600. The first kappa shape index (κ1) is 17.7. The first-order valence-electron chi connectivity index (χ1n) is 7.23. The zero-order chi connectivity index (χ0) is 18.4. The van der Waals surface area contributed by atoms with Crippen LogP contribution in [0.15, 0.2) is 24.3 Å². The summed E-state index contributed by atoms with van der Waals surface area (Å²) < 4.78 is 5.90. The van der Waals surface area contributed by atoms with Crippen LogP contribution in [0.25, 0.3) is 11.6 Å². The molecule has 126 valence electrons. The Labute approximate surface area is 144 Å². The van der Waals surface area contributed by atoms with Crippen molar-refractivity contribution in [1.29, 1.82) is 10.5 Å². The Morgan fingerprint density at radius 1 is 1.40 bits per heavy atom. The molecule has 0 spiro atoms. The molecule has 0 unspecified atom stereocenters. The molecule has 1 aromatic heterocycles. The van der Waals surface area contributed by atoms with Crippen molar-refractivity contribution in [1.82, 2.24) is 9.78 Å². The van der Waals surface area contributed by atoms with E-state index in [9.17, 15) is 15.3 Å². The predicted octanol–water partition coefficient (Wildman–Crippen LogP) is 1.18. The smallest absolute Gasteiger partial charge is 0.337 e. The summed E-state index contributed by atoms with van der Waals surface area (Å²) in [7, 11) is 1.29. The van der Waals surface area contributed by atoms with Crippen LogP contribution in [-0.4, -0.2) is 34.6 Å². The van der Waals surface area contributed by atoms with Crippen LogP contribution in [0.5, 0.6) is 0 Å². The van der Waals surface area contributed by atoms with Crippen LogP contribution in [0.2, 0.25) is 0 Å². The molecule has 8 heteroatoms. The molecule has 2 rings (SSSR count). The first-order chi connectivity index (χ1) is 12.0. The van der Waals surface area contributed by atoms with Gasteiger partial charge in [0.25, 0.3) is 0 Å². The number of carbonyl (C=O) groups is 1. The second kappa shape index (κ2) is 7.77. The van der Waals surface area contributed by atoms with E-state index in [-0.39, 0.29) is 35.8 Å².